The zero-order chi connectivity index (χ0) is 26.3. The number of rotatable bonds is 6. The lowest BCUT2D eigenvalue weighted by molar-refractivity contribution is -0.138. The summed E-state index contributed by atoms with van der Waals surface area (Å²) in [6, 6.07) is 8.91. The van der Waals surface area contributed by atoms with E-state index in [1.165, 1.54) is 17.0 Å². The monoisotopic (exact) mass is 548 g/mol. The maximum atomic E-state index is 13.9. The van der Waals surface area contributed by atoms with Crippen LogP contribution in [0.25, 0.3) is 16.5 Å². The molecular weight excluding hydrogens is 525 g/mol. The number of hydrogen-bond donors (Lipinski definition) is 1. The lowest BCUT2D eigenvalue weighted by Gasteiger charge is -2.19. The summed E-state index contributed by atoms with van der Waals surface area (Å²) in [5.74, 6) is -0.476. The molecule has 0 unspecified atom stereocenters. The Hall–Kier alpha value is -2.82. The van der Waals surface area contributed by atoms with Crippen molar-refractivity contribution in [2.24, 2.45) is 0 Å². The summed E-state index contributed by atoms with van der Waals surface area (Å²) in [6.45, 7) is 4.50. The van der Waals surface area contributed by atoms with Crippen LogP contribution >= 0.6 is 23.4 Å². The second-order valence-electron chi connectivity index (χ2n) is 9.23. The minimum atomic E-state index is -4.63. The van der Waals surface area contributed by atoms with Crippen molar-refractivity contribution in [3.8, 4) is 0 Å². The zero-order valence-electron chi connectivity index (χ0n) is 20.0. The van der Waals surface area contributed by atoms with E-state index in [4.69, 9.17) is 11.6 Å². The fourth-order valence-corrected chi connectivity index (χ4v) is 5.97. The van der Waals surface area contributed by atoms with Gasteiger partial charge in [0.2, 0.25) is 0 Å². The van der Waals surface area contributed by atoms with Gasteiger partial charge in [-0.1, -0.05) is 23.7 Å². The number of H-pyrrole nitrogens is 1. The van der Waals surface area contributed by atoms with E-state index in [1.54, 1.807) is 18.2 Å². The summed E-state index contributed by atoms with van der Waals surface area (Å²) < 4.78 is 41.7. The Morgan fingerprint density at radius 3 is 2.59 bits per heavy atom. The van der Waals surface area contributed by atoms with Gasteiger partial charge in [-0.3, -0.25) is 19.6 Å². The van der Waals surface area contributed by atoms with Gasteiger partial charge in [0, 0.05) is 23.5 Å². The number of alkyl halides is 3. The first kappa shape index (κ1) is 25.8. The first-order valence-corrected chi connectivity index (χ1v) is 13.1. The summed E-state index contributed by atoms with van der Waals surface area (Å²) in [7, 11) is 0. The summed E-state index contributed by atoms with van der Waals surface area (Å²) in [5, 5.41) is 7.44. The number of likely N-dealkylation sites (tertiary alicyclic amines) is 1. The Morgan fingerprint density at radius 2 is 1.86 bits per heavy atom. The molecule has 0 bridgehead atoms. The number of fused-ring (bicyclic) bond motifs is 1. The Kier molecular flexibility index (Phi) is 7.08. The van der Waals surface area contributed by atoms with Crippen LogP contribution in [0.1, 0.15) is 35.2 Å². The average molecular weight is 549 g/mol. The molecule has 0 spiro atoms. The zero-order valence-corrected chi connectivity index (χ0v) is 21.6. The summed E-state index contributed by atoms with van der Waals surface area (Å²) >= 11 is 6.67. The number of amides is 2. The average Bonchev–Trinajstić information content (AvgIpc) is 3.57. The van der Waals surface area contributed by atoms with Crippen molar-refractivity contribution in [2.45, 2.75) is 32.4 Å². The standard InChI is InChI=1S/C26H24ClF3N4O2S/c1-15-19-12-16(5-7-22(19)32-31-15)20(13-17-4-6-18(27)14-21(17)26(28,29)30)23-24(35)34(25(36)37-23)11-10-33-8-2-3-9-33/h4-7,12,14H,2-3,8-11,13H2,1H3,(H,31,32)/b23-20-. The van der Waals surface area contributed by atoms with E-state index >= 15 is 0 Å². The number of nitrogens with one attached hydrogen (secondary N) is 1. The van der Waals surface area contributed by atoms with Gasteiger partial charge in [-0.05, 0) is 92.0 Å². The molecule has 3 heterocycles. The smallest absolute Gasteiger partial charge is 0.302 e. The Morgan fingerprint density at radius 1 is 1.11 bits per heavy atom. The van der Waals surface area contributed by atoms with Crippen LogP contribution in [0, 0.1) is 6.92 Å². The van der Waals surface area contributed by atoms with Crippen LogP contribution in [0.4, 0.5) is 18.0 Å². The van der Waals surface area contributed by atoms with E-state index in [2.05, 4.69) is 15.1 Å². The van der Waals surface area contributed by atoms with E-state index in [0.29, 0.717) is 17.7 Å². The molecule has 2 aliphatic heterocycles. The lowest BCUT2D eigenvalue weighted by atomic mass is 9.93. The van der Waals surface area contributed by atoms with Gasteiger partial charge >= 0.3 is 6.18 Å². The van der Waals surface area contributed by atoms with Gasteiger partial charge in [0.25, 0.3) is 11.1 Å². The van der Waals surface area contributed by atoms with E-state index in [-0.39, 0.29) is 28.5 Å². The van der Waals surface area contributed by atoms with Crippen molar-refractivity contribution in [1.29, 1.82) is 0 Å². The number of allylic oxidation sites excluding steroid dienone is 1. The Bertz CT molecular complexity index is 1410. The van der Waals surface area contributed by atoms with Gasteiger partial charge in [-0.2, -0.15) is 18.3 Å². The molecule has 2 aromatic carbocycles. The Balaban J connectivity index is 1.58. The molecule has 0 radical (unpaired) electrons. The molecule has 1 N–H and O–H groups in total. The molecular formula is C26H24ClF3N4O2S. The number of halogens is 4. The number of aryl methyl sites for hydroxylation is 1. The molecule has 2 amide bonds. The highest BCUT2D eigenvalue weighted by Crippen LogP contribution is 2.41. The molecule has 2 aliphatic rings. The molecule has 0 saturated carbocycles. The number of carbonyl (C=O) groups excluding carboxylic acids is 2. The van der Waals surface area contributed by atoms with Gasteiger partial charge in [0.05, 0.1) is 21.7 Å². The molecule has 6 nitrogen and oxygen atoms in total. The van der Waals surface area contributed by atoms with Crippen LogP contribution in [0.3, 0.4) is 0 Å². The first-order chi connectivity index (χ1) is 17.6. The second-order valence-corrected chi connectivity index (χ2v) is 10.6. The molecule has 3 aromatic rings. The second kappa shape index (κ2) is 10.2. The van der Waals surface area contributed by atoms with Crippen LogP contribution in [-0.4, -0.2) is 57.3 Å². The molecule has 0 atom stereocenters. The maximum Gasteiger partial charge on any atom is 0.416 e. The normalized spacial score (nSPS) is 18.5. The third-order valence-electron chi connectivity index (χ3n) is 6.81. The molecule has 194 valence electrons. The van der Waals surface area contributed by atoms with E-state index in [9.17, 15) is 22.8 Å². The number of imide groups is 1. The summed E-state index contributed by atoms with van der Waals surface area (Å²) in [5.41, 5.74) is 1.51. The number of carbonyl (C=O) groups is 2. The fraction of sp³-hybridized carbons (Fsp3) is 0.346. The van der Waals surface area contributed by atoms with Crippen molar-refractivity contribution in [3.63, 3.8) is 0 Å². The largest absolute Gasteiger partial charge is 0.416 e. The molecule has 2 saturated heterocycles. The van der Waals surface area contributed by atoms with E-state index in [1.807, 2.05) is 6.92 Å². The van der Waals surface area contributed by atoms with Crippen LogP contribution in [-0.2, 0) is 17.4 Å². The third kappa shape index (κ3) is 5.28. The number of hydrogen-bond acceptors (Lipinski definition) is 5. The van der Waals surface area contributed by atoms with Crippen molar-refractivity contribution in [3.05, 3.63) is 68.7 Å². The van der Waals surface area contributed by atoms with Crippen LogP contribution in [0.15, 0.2) is 41.3 Å². The number of thioether (sulfide) groups is 1. The predicted molar refractivity (Wildman–Crippen MR) is 138 cm³/mol. The topological polar surface area (TPSA) is 69.3 Å². The predicted octanol–water partition coefficient (Wildman–Crippen LogP) is 6.29. The first-order valence-electron chi connectivity index (χ1n) is 11.9. The number of benzene rings is 2. The molecule has 11 heteroatoms. The Labute approximate surface area is 220 Å². The summed E-state index contributed by atoms with van der Waals surface area (Å²) in [6.07, 6.45) is -2.66. The molecule has 5 rings (SSSR count). The SMILES string of the molecule is Cc1n[nH]c2ccc(/C(Cc3ccc(Cl)cc3C(F)(F)F)=C3\SC(=O)N(CCN4CCCC4)C3=O)cc12. The van der Waals surface area contributed by atoms with Gasteiger partial charge in [-0.25, -0.2) is 0 Å². The number of nitrogens with zero attached hydrogens (tertiary/aromatic N) is 3. The molecule has 1 aromatic heterocycles. The van der Waals surface area contributed by atoms with Crippen LogP contribution in [0.2, 0.25) is 5.02 Å². The van der Waals surface area contributed by atoms with Crippen molar-refractivity contribution in [2.75, 3.05) is 26.2 Å². The fourth-order valence-electron chi connectivity index (χ4n) is 4.83. The van der Waals surface area contributed by atoms with Crippen molar-refractivity contribution < 1.29 is 22.8 Å². The van der Waals surface area contributed by atoms with Gasteiger partial charge < -0.3 is 4.90 Å². The van der Waals surface area contributed by atoms with Crippen molar-refractivity contribution >= 4 is 51.0 Å². The molecule has 2 fully saturated rings. The van der Waals surface area contributed by atoms with Crippen molar-refractivity contribution in [1.82, 2.24) is 20.0 Å². The van der Waals surface area contributed by atoms with Gasteiger partial charge in [0.15, 0.2) is 0 Å². The van der Waals surface area contributed by atoms with E-state index < -0.39 is 22.9 Å². The quantitative estimate of drug-likeness (QED) is 0.367. The molecule has 0 aliphatic carbocycles. The summed E-state index contributed by atoms with van der Waals surface area (Å²) in [4.78, 5) is 29.9. The van der Waals surface area contributed by atoms with Gasteiger partial charge in [0.1, 0.15) is 0 Å². The van der Waals surface area contributed by atoms with Crippen LogP contribution in [0.5, 0.6) is 0 Å². The highest BCUT2D eigenvalue weighted by Gasteiger charge is 2.39. The van der Waals surface area contributed by atoms with Crippen LogP contribution < -0.4 is 0 Å². The number of aromatic amines is 1. The highest BCUT2D eigenvalue weighted by atomic mass is 35.5. The maximum absolute atomic E-state index is 13.9. The molecule has 37 heavy (non-hydrogen) atoms. The van der Waals surface area contributed by atoms with E-state index in [0.717, 1.165) is 60.4 Å². The minimum Gasteiger partial charge on any atom is -0.302 e. The minimum absolute atomic E-state index is 0.0280. The third-order valence-corrected chi connectivity index (χ3v) is 8.06. The number of aromatic nitrogens is 2. The lowest BCUT2D eigenvalue weighted by Crippen LogP contribution is -2.36. The highest BCUT2D eigenvalue weighted by molar-refractivity contribution is 8.18. The van der Waals surface area contributed by atoms with Gasteiger partial charge in [-0.15, -0.1) is 0 Å².